The normalized spacial score (nSPS) is 14.9. The van der Waals surface area contributed by atoms with Crippen LogP contribution in [-0.2, 0) is 13.0 Å². The number of hydrogen-bond donors (Lipinski definition) is 2. The van der Waals surface area contributed by atoms with Gasteiger partial charge in [0.1, 0.15) is 5.56 Å². The van der Waals surface area contributed by atoms with Crippen molar-refractivity contribution in [3.05, 3.63) is 63.3 Å². The van der Waals surface area contributed by atoms with Crippen LogP contribution in [0.25, 0.3) is 0 Å². The quantitative estimate of drug-likeness (QED) is 0.752. The van der Waals surface area contributed by atoms with Crippen LogP contribution in [0.5, 0.6) is 0 Å². The lowest BCUT2D eigenvalue weighted by molar-refractivity contribution is 0.0866. The van der Waals surface area contributed by atoms with Gasteiger partial charge >= 0.3 is 0 Å². The second-order valence-electron chi connectivity index (χ2n) is 8.77. The molecule has 0 spiro atoms. The topological polar surface area (TPSA) is 84.2 Å². The number of nitrogens with zero attached hydrogens (tertiary/aromatic N) is 2. The van der Waals surface area contributed by atoms with Crippen LogP contribution in [0.3, 0.4) is 0 Å². The summed E-state index contributed by atoms with van der Waals surface area (Å²) in [6.07, 6.45) is 8.89. The number of carbonyl (C=O) groups excluding carboxylic acids is 1. The van der Waals surface area contributed by atoms with Gasteiger partial charge in [0, 0.05) is 36.4 Å². The highest BCUT2D eigenvalue weighted by Crippen LogP contribution is 2.29. The van der Waals surface area contributed by atoms with Crippen molar-refractivity contribution in [2.75, 3.05) is 6.61 Å². The number of aliphatic hydroxyl groups is 1. The fourth-order valence-corrected chi connectivity index (χ4v) is 4.08. The Morgan fingerprint density at radius 3 is 2.69 bits per heavy atom. The molecule has 1 saturated carbocycles. The molecule has 0 bridgehead atoms. The molecule has 0 aromatic carbocycles. The second kappa shape index (κ2) is 8.91. The maximum Gasteiger partial charge on any atom is 0.257 e. The fraction of sp³-hybridized carbons (Fsp3) is 0.522. The van der Waals surface area contributed by atoms with Crippen LogP contribution in [0, 0.1) is 12.8 Å². The summed E-state index contributed by atoms with van der Waals surface area (Å²) in [5, 5.41) is 12.4. The molecule has 2 aromatic rings. The lowest BCUT2D eigenvalue weighted by Gasteiger charge is -2.26. The molecule has 0 aliphatic heterocycles. The molecule has 156 valence electrons. The number of pyridine rings is 2. The summed E-state index contributed by atoms with van der Waals surface area (Å²) in [7, 11) is 0. The van der Waals surface area contributed by atoms with E-state index in [2.05, 4.69) is 14.9 Å². The molecule has 1 aliphatic rings. The summed E-state index contributed by atoms with van der Waals surface area (Å²) in [5.74, 6) is 0.0655. The Balaban J connectivity index is 2.08. The smallest absolute Gasteiger partial charge is 0.257 e. The van der Waals surface area contributed by atoms with E-state index in [1.807, 2.05) is 25.3 Å². The first-order valence-electron chi connectivity index (χ1n) is 10.4. The molecule has 2 heterocycles. The van der Waals surface area contributed by atoms with Crippen LogP contribution < -0.4 is 10.7 Å². The number of amides is 1. The van der Waals surface area contributed by atoms with Gasteiger partial charge in [-0.3, -0.25) is 14.6 Å². The summed E-state index contributed by atoms with van der Waals surface area (Å²) < 4.78 is 2.08. The van der Waals surface area contributed by atoms with Crippen molar-refractivity contribution in [1.29, 1.82) is 0 Å². The van der Waals surface area contributed by atoms with Crippen LogP contribution in [-0.4, -0.2) is 32.7 Å². The van der Waals surface area contributed by atoms with E-state index >= 15 is 0 Å². The molecular formula is C23H31N3O3. The van der Waals surface area contributed by atoms with Crippen LogP contribution in [0.15, 0.2) is 35.4 Å². The van der Waals surface area contributed by atoms with Gasteiger partial charge in [-0.25, -0.2) is 0 Å². The summed E-state index contributed by atoms with van der Waals surface area (Å²) in [6.45, 7) is 5.75. The highest BCUT2D eigenvalue weighted by atomic mass is 16.3. The number of aromatic nitrogens is 2. The van der Waals surface area contributed by atoms with Gasteiger partial charge in [-0.2, -0.15) is 0 Å². The van der Waals surface area contributed by atoms with Crippen molar-refractivity contribution in [1.82, 2.24) is 14.9 Å². The van der Waals surface area contributed by atoms with Crippen LogP contribution in [0.2, 0.25) is 0 Å². The molecule has 2 N–H and O–H groups in total. The maximum absolute atomic E-state index is 13.1. The largest absolute Gasteiger partial charge is 0.394 e. The highest BCUT2D eigenvalue weighted by molar-refractivity contribution is 5.95. The highest BCUT2D eigenvalue weighted by Gasteiger charge is 2.28. The predicted molar refractivity (Wildman–Crippen MR) is 113 cm³/mol. The van der Waals surface area contributed by atoms with Gasteiger partial charge in [-0.15, -0.1) is 0 Å². The third-order valence-electron chi connectivity index (χ3n) is 5.72. The molecule has 3 rings (SSSR count). The molecule has 1 amide bonds. The van der Waals surface area contributed by atoms with Crippen molar-refractivity contribution in [3.8, 4) is 0 Å². The van der Waals surface area contributed by atoms with E-state index in [-0.39, 0.29) is 17.6 Å². The van der Waals surface area contributed by atoms with Crippen LogP contribution >= 0.6 is 0 Å². The average Bonchev–Trinajstić information content (AvgIpc) is 3.18. The van der Waals surface area contributed by atoms with Crippen molar-refractivity contribution in [2.45, 2.75) is 65.0 Å². The van der Waals surface area contributed by atoms with Crippen LogP contribution in [0.1, 0.15) is 66.8 Å². The van der Waals surface area contributed by atoms with Crippen molar-refractivity contribution < 1.29 is 9.90 Å². The van der Waals surface area contributed by atoms with E-state index in [0.717, 1.165) is 29.8 Å². The molecular weight excluding hydrogens is 366 g/mol. The minimum Gasteiger partial charge on any atom is -0.394 e. The standard InChI is InChI=1S/C23H31N3O3/c1-16-11-20(28)21(22(29)25-23(2,3)15-27)19(12-17-7-4-5-8-17)26(16)14-18-9-6-10-24-13-18/h6,9-11,13,17,27H,4-5,7-8,12,14-15H2,1-3H3,(H,25,29). The Bertz CT molecular complexity index is 913. The molecule has 6 heteroatoms. The average molecular weight is 398 g/mol. The van der Waals surface area contributed by atoms with Gasteiger partial charge < -0.3 is 15.0 Å². The zero-order chi connectivity index (χ0) is 21.0. The second-order valence-corrected chi connectivity index (χ2v) is 8.77. The molecule has 1 aliphatic carbocycles. The fourth-order valence-electron chi connectivity index (χ4n) is 4.08. The predicted octanol–water partition coefficient (Wildman–Crippen LogP) is 2.83. The number of nitrogens with one attached hydrogen (secondary N) is 1. The number of aryl methyl sites for hydroxylation is 1. The zero-order valence-corrected chi connectivity index (χ0v) is 17.6. The van der Waals surface area contributed by atoms with Gasteiger partial charge in [0.25, 0.3) is 5.91 Å². The Kier molecular flexibility index (Phi) is 6.52. The number of rotatable bonds is 7. The molecule has 1 fully saturated rings. The van der Waals surface area contributed by atoms with E-state index in [1.54, 1.807) is 20.0 Å². The van der Waals surface area contributed by atoms with Crippen molar-refractivity contribution in [2.24, 2.45) is 5.92 Å². The number of carbonyl (C=O) groups is 1. The molecule has 0 atom stereocenters. The molecule has 0 saturated heterocycles. The summed E-state index contributed by atoms with van der Waals surface area (Å²) in [5.41, 5.74) is 1.79. The molecule has 29 heavy (non-hydrogen) atoms. The summed E-state index contributed by atoms with van der Waals surface area (Å²) >= 11 is 0. The third-order valence-corrected chi connectivity index (χ3v) is 5.72. The molecule has 0 unspecified atom stereocenters. The molecule has 0 radical (unpaired) electrons. The first-order valence-corrected chi connectivity index (χ1v) is 10.4. The summed E-state index contributed by atoms with van der Waals surface area (Å²) in [6, 6.07) is 5.43. The summed E-state index contributed by atoms with van der Waals surface area (Å²) in [4.78, 5) is 30.2. The van der Waals surface area contributed by atoms with Gasteiger partial charge in [0.05, 0.1) is 12.1 Å². The lowest BCUT2D eigenvalue weighted by atomic mass is 9.96. The van der Waals surface area contributed by atoms with Gasteiger partial charge in [0.15, 0.2) is 5.43 Å². The molecule has 2 aromatic heterocycles. The third kappa shape index (κ3) is 5.12. The Labute approximate surface area is 172 Å². The van der Waals surface area contributed by atoms with E-state index in [0.29, 0.717) is 18.9 Å². The molecule has 6 nitrogen and oxygen atoms in total. The van der Waals surface area contributed by atoms with E-state index in [4.69, 9.17) is 0 Å². The van der Waals surface area contributed by atoms with E-state index in [9.17, 15) is 14.7 Å². The SMILES string of the molecule is Cc1cc(=O)c(C(=O)NC(C)(C)CO)c(CC2CCCC2)n1Cc1cccnc1. The first kappa shape index (κ1) is 21.2. The van der Waals surface area contributed by atoms with Crippen molar-refractivity contribution in [3.63, 3.8) is 0 Å². The Morgan fingerprint density at radius 2 is 2.07 bits per heavy atom. The minimum atomic E-state index is -0.798. The van der Waals surface area contributed by atoms with Gasteiger partial charge in [-0.05, 0) is 44.7 Å². The monoisotopic (exact) mass is 397 g/mol. The van der Waals surface area contributed by atoms with Gasteiger partial charge in [0.2, 0.25) is 0 Å². The van der Waals surface area contributed by atoms with Crippen molar-refractivity contribution >= 4 is 5.91 Å². The van der Waals surface area contributed by atoms with E-state index < -0.39 is 11.4 Å². The lowest BCUT2D eigenvalue weighted by Crippen LogP contribution is -2.48. The van der Waals surface area contributed by atoms with Gasteiger partial charge in [-0.1, -0.05) is 31.7 Å². The van der Waals surface area contributed by atoms with E-state index in [1.165, 1.54) is 18.9 Å². The maximum atomic E-state index is 13.1. The number of hydrogen-bond acceptors (Lipinski definition) is 4. The first-order chi connectivity index (χ1) is 13.8. The Morgan fingerprint density at radius 1 is 1.34 bits per heavy atom. The van der Waals surface area contributed by atoms with Crippen LogP contribution in [0.4, 0.5) is 0 Å². The minimum absolute atomic E-state index is 0.202. The number of aliphatic hydroxyl groups excluding tert-OH is 1. The Hall–Kier alpha value is -2.47. The zero-order valence-electron chi connectivity index (χ0n) is 17.6.